The van der Waals surface area contributed by atoms with Crippen LogP contribution in [-0.2, 0) is 6.42 Å². The Hall–Kier alpha value is -2.21. The zero-order valence-corrected chi connectivity index (χ0v) is 9.92. The monoisotopic (exact) mass is 247 g/mol. The van der Waals surface area contributed by atoms with E-state index in [2.05, 4.69) is 4.98 Å². The quantitative estimate of drug-likeness (QED) is 0.659. The summed E-state index contributed by atoms with van der Waals surface area (Å²) in [7, 11) is 0. The van der Waals surface area contributed by atoms with E-state index in [1.54, 1.807) is 19.2 Å². The molecule has 0 unspecified atom stereocenters. The van der Waals surface area contributed by atoms with Gasteiger partial charge in [-0.2, -0.15) is 0 Å². The molecule has 0 saturated heterocycles. The van der Waals surface area contributed by atoms with Gasteiger partial charge in [-0.25, -0.2) is 4.98 Å². The van der Waals surface area contributed by atoms with Gasteiger partial charge in [-0.1, -0.05) is 0 Å². The third-order valence-corrected chi connectivity index (χ3v) is 2.60. The van der Waals surface area contributed by atoms with E-state index in [1.807, 2.05) is 0 Å². The molecule has 0 atom stereocenters. The van der Waals surface area contributed by atoms with Gasteiger partial charge >= 0.3 is 0 Å². The molecule has 0 saturated carbocycles. The minimum atomic E-state index is -0.420. The van der Waals surface area contributed by atoms with Crippen molar-refractivity contribution in [1.29, 1.82) is 0 Å². The summed E-state index contributed by atoms with van der Waals surface area (Å²) >= 11 is 0. The Kier molecular flexibility index (Phi) is 3.38. The van der Waals surface area contributed by atoms with Crippen LogP contribution in [0.25, 0.3) is 11.3 Å². The molecule has 18 heavy (non-hydrogen) atoms. The van der Waals surface area contributed by atoms with E-state index >= 15 is 0 Å². The standard InChI is InChI=1S/C12H13N3O3/c1-8-6-9(15(16)17)2-3-10(8)11-7-14-12(18-11)4-5-13/h2-3,6-7H,4-5,13H2,1H3. The predicted octanol–water partition coefficient (Wildman–Crippen LogP) is 2.06. The van der Waals surface area contributed by atoms with Crippen molar-refractivity contribution in [2.24, 2.45) is 5.73 Å². The molecule has 2 N–H and O–H groups in total. The van der Waals surface area contributed by atoms with Crippen molar-refractivity contribution in [3.05, 3.63) is 46.0 Å². The van der Waals surface area contributed by atoms with Crippen molar-refractivity contribution >= 4 is 5.69 Å². The van der Waals surface area contributed by atoms with Gasteiger partial charge in [0, 0.05) is 30.7 Å². The minimum absolute atomic E-state index is 0.0675. The summed E-state index contributed by atoms with van der Waals surface area (Å²) in [6.07, 6.45) is 2.19. The molecule has 0 aliphatic rings. The highest BCUT2D eigenvalue weighted by molar-refractivity contribution is 5.63. The lowest BCUT2D eigenvalue weighted by Gasteiger charge is -2.01. The Morgan fingerprint density at radius 1 is 1.50 bits per heavy atom. The van der Waals surface area contributed by atoms with Crippen LogP contribution in [0.5, 0.6) is 0 Å². The summed E-state index contributed by atoms with van der Waals surface area (Å²) in [5, 5.41) is 10.6. The van der Waals surface area contributed by atoms with Crippen LogP contribution >= 0.6 is 0 Å². The number of rotatable bonds is 4. The highest BCUT2D eigenvalue weighted by Gasteiger charge is 2.12. The smallest absolute Gasteiger partial charge is 0.269 e. The summed E-state index contributed by atoms with van der Waals surface area (Å²) in [4.78, 5) is 14.3. The second kappa shape index (κ2) is 4.97. The molecule has 1 aromatic heterocycles. The van der Waals surface area contributed by atoms with Gasteiger partial charge in [-0.3, -0.25) is 10.1 Å². The third-order valence-electron chi connectivity index (χ3n) is 2.60. The van der Waals surface area contributed by atoms with Crippen molar-refractivity contribution in [2.75, 3.05) is 6.54 Å². The zero-order chi connectivity index (χ0) is 13.1. The number of benzene rings is 1. The van der Waals surface area contributed by atoms with Crippen LogP contribution in [0.15, 0.2) is 28.8 Å². The van der Waals surface area contributed by atoms with E-state index in [9.17, 15) is 10.1 Å². The van der Waals surface area contributed by atoms with Crippen molar-refractivity contribution in [3.63, 3.8) is 0 Å². The lowest BCUT2D eigenvalue weighted by atomic mass is 10.1. The maximum absolute atomic E-state index is 10.6. The minimum Gasteiger partial charge on any atom is -0.441 e. The van der Waals surface area contributed by atoms with E-state index in [1.165, 1.54) is 12.1 Å². The number of nitrogens with two attached hydrogens (primary N) is 1. The Bertz CT molecular complexity index is 578. The molecule has 0 radical (unpaired) electrons. The summed E-state index contributed by atoms with van der Waals surface area (Å²) in [5.74, 6) is 1.18. The largest absolute Gasteiger partial charge is 0.441 e. The van der Waals surface area contributed by atoms with E-state index in [4.69, 9.17) is 10.2 Å². The van der Waals surface area contributed by atoms with Crippen LogP contribution in [0.1, 0.15) is 11.5 Å². The Morgan fingerprint density at radius 3 is 2.89 bits per heavy atom. The number of non-ortho nitro benzene ring substituents is 1. The molecule has 2 rings (SSSR count). The molecular weight excluding hydrogens is 234 g/mol. The van der Waals surface area contributed by atoms with Crippen molar-refractivity contribution < 1.29 is 9.34 Å². The normalized spacial score (nSPS) is 10.6. The first-order chi connectivity index (χ1) is 8.61. The topological polar surface area (TPSA) is 95.2 Å². The Balaban J connectivity index is 2.35. The predicted molar refractivity (Wildman–Crippen MR) is 66.1 cm³/mol. The second-order valence-corrected chi connectivity index (χ2v) is 3.91. The fraction of sp³-hybridized carbons (Fsp3) is 0.250. The van der Waals surface area contributed by atoms with E-state index in [0.29, 0.717) is 24.6 Å². The number of nitrogens with zero attached hydrogens (tertiary/aromatic N) is 2. The molecule has 0 amide bonds. The molecule has 0 spiro atoms. The van der Waals surface area contributed by atoms with Crippen LogP contribution in [-0.4, -0.2) is 16.5 Å². The molecule has 94 valence electrons. The lowest BCUT2D eigenvalue weighted by Crippen LogP contribution is -2.02. The van der Waals surface area contributed by atoms with E-state index in [-0.39, 0.29) is 5.69 Å². The first-order valence-electron chi connectivity index (χ1n) is 5.52. The van der Waals surface area contributed by atoms with Gasteiger partial charge in [0.25, 0.3) is 5.69 Å². The molecule has 0 fully saturated rings. The summed E-state index contributed by atoms with van der Waals surface area (Å²) < 4.78 is 5.53. The first-order valence-corrected chi connectivity index (χ1v) is 5.52. The van der Waals surface area contributed by atoms with Crippen LogP contribution in [0.2, 0.25) is 0 Å². The summed E-state index contributed by atoms with van der Waals surface area (Å²) in [6, 6.07) is 4.63. The molecule has 6 nitrogen and oxygen atoms in total. The van der Waals surface area contributed by atoms with E-state index in [0.717, 1.165) is 11.1 Å². The zero-order valence-electron chi connectivity index (χ0n) is 9.92. The summed E-state index contributed by atoms with van der Waals surface area (Å²) in [5.41, 5.74) is 7.06. The number of nitro groups is 1. The SMILES string of the molecule is Cc1cc([N+](=O)[O-])ccc1-c1cnc(CCN)o1. The first kappa shape index (κ1) is 12.3. The average molecular weight is 247 g/mol. The number of nitro benzene ring substituents is 1. The maximum Gasteiger partial charge on any atom is 0.269 e. The average Bonchev–Trinajstić information content (AvgIpc) is 2.77. The van der Waals surface area contributed by atoms with Crippen molar-refractivity contribution in [3.8, 4) is 11.3 Å². The fourth-order valence-corrected chi connectivity index (χ4v) is 1.71. The number of aromatic nitrogens is 1. The molecule has 0 aliphatic heterocycles. The van der Waals surface area contributed by atoms with E-state index < -0.39 is 4.92 Å². The molecule has 6 heteroatoms. The van der Waals surface area contributed by atoms with Crippen LogP contribution in [0.4, 0.5) is 5.69 Å². The lowest BCUT2D eigenvalue weighted by molar-refractivity contribution is -0.384. The molecule has 1 heterocycles. The Labute approximate surface area is 104 Å². The van der Waals surface area contributed by atoms with Crippen molar-refractivity contribution in [2.45, 2.75) is 13.3 Å². The van der Waals surface area contributed by atoms with Gasteiger partial charge < -0.3 is 10.2 Å². The number of hydrogen-bond acceptors (Lipinski definition) is 5. The van der Waals surface area contributed by atoms with Gasteiger partial charge in [0.05, 0.1) is 11.1 Å². The van der Waals surface area contributed by atoms with Crippen molar-refractivity contribution in [1.82, 2.24) is 4.98 Å². The molecule has 1 aromatic carbocycles. The molecular formula is C12H13N3O3. The van der Waals surface area contributed by atoms with Gasteiger partial charge in [0.1, 0.15) is 0 Å². The number of oxazole rings is 1. The highest BCUT2D eigenvalue weighted by Crippen LogP contribution is 2.27. The van der Waals surface area contributed by atoms with Gasteiger partial charge in [-0.15, -0.1) is 0 Å². The number of aryl methyl sites for hydroxylation is 1. The van der Waals surface area contributed by atoms with Crippen LogP contribution in [0, 0.1) is 17.0 Å². The summed E-state index contributed by atoms with van der Waals surface area (Å²) in [6.45, 7) is 2.27. The second-order valence-electron chi connectivity index (χ2n) is 3.91. The maximum atomic E-state index is 10.6. The van der Waals surface area contributed by atoms with Crippen LogP contribution in [0.3, 0.4) is 0 Å². The van der Waals surface area contributed by atoms with Gasteiger partial charge in [0.2, 0.25) is 0 Å². The molecule has 2 aromatic rings. The van der Waals surface area contributed by atoms with Gasteiger partial charge in [0.15, 0.2) is 11.7 Å². The fourth-order valence-electron chi connectivity index (χ4n) is 1.71. The molecule has 0 bridgehead atoms. The number of hydrogen-bond donors (Lipinski definition) is 1. The third kappa shape index (κ3) is 2.38. The van der Waals surface area contributed by atoms with Gasteiger partial charge in [-0.05, 0) is 18.6 Å². The molecule has 0 aliphatic carbocycles. The van der Waals surface area contributed by atoms with Crippen LogP contribution < -0.4 is 5.73 Å². The highest BCUT2D eigenvalue weighted by atomic mass is 16.6. The Morgan fingerprint density at radius 2 is 2.28 bits per heavy atom.